The maximum absolute atomic E-state index is 12.5. The molecule has 7 nitrogen and oxygen atoms in total. The summed E-state index contributed by atoms with van der Waals surface area (Å²) in [6, 6.07) is 7.26. The highest BCUT2D eigenvalue weighted by atomic mass is 32.2. The summed E-state index contributed by atoms with van der Waals surface area (Å²) in [4.78, 5) is 24.7. The number of anilines is 2. The maximum Gasteiger partial charge on any atom is 0.253 e. The topological polar surface area (TPSA) is 110 Å². The van der Waals surface area contributed by atoms with Gasteiger partial charge in [-0.2, -0.15) is 0 Å². The van der Waals surface area contributed by atoms with E-state index in [1.165, 1.54) is 23.1 Å². The molecule has 2 amide bonds. The van der Waals surface area contributed by atoms with Crippen molar-refractivity contribution < 1.29 is 9.59 Å². The Hall–Kier alpha value is -2.13. The minimum Gasteiger partial charge on any atom is -0.374 e. The summed E-state index contributed by atoms with van der Waals surface area (Å²) in [5, 5.41) is 13.8. The number of hydrogen-bond donors (Lipinski definition) is 3. The van der Waals surface area contributed by atoms with Crippen LogP contribution in [0.3, 0.4) is 0 Å². The van der Waals surface area contributed by atoms with Crippen LogP contribution in [-0.2, 0) is 4.79 Å². The van der Waals surface area contributed by atoms with Crippen molar-refractivity contribution in [2.45, 2.75) is 36.1 Å². The Morgan fingerprint density at radius 1 is 1.24 bits per heavy atom. The lowest BCUT2D eigenvalue weighted by molar-refractivity contribution is -0.113. The molecule has 1 saturated carbocycles. The predicted molar refractivity (Wildman–Crippen MR) is 99.8 cm³/mol. The molecule has 25 heavy (non-hydrogen) atoms. The number of nitrogen functional groups attached to an aromatic ring is 1. The molecule has 0 radical (unpaired) electrons. The summed E-state index contributed by atoms with van der Waals surface area (Å²) in [5.41, 5.74) is 6.51. The molecular weight excluding hydrogens is 358 g/mol. The molecule has 1 heterocycles. The third kappa shape index (κ3) is 4.93. The largest absolute Gasteiger partial charge is 0.374 e. The number of carbonyl (C=O) groups excluding carboxylic acids is 2. The van der Waals surface area contributed by atoms with Crippen molar-refractivity contribution in [3.05, 3.63) is 29.8 Å². The lowest BCUT2D eigenvalue weighted by Gasteiger charge is -2.14. The van der Waals surface area contributed by atoms with Gasteiger partial charge in [-0.25, -0.2) is 0 Å². The quantitative estimate of drug-likeness (QED) is 0.667. The van der Waals surface area contributed by atoms with Crippen LogP contribution in [0.25, 0.3) is 0 Å². The van der Waals surface area contributed by atoms with Crippen LogP contribution in [0.15, 0.2) is 28.6 Å². The van der Waals surface area contributed by atoms with Gasteiger partial charge in [-0.05, 0) is 25.0 Å². The van der Waals surface area contributed by atoms with Gasteiger partial charge in [-0.1, -0.05) is 48.1 Å². The highest BCUT2D eigenvalue weighted by Crippen LogP contribution is 2.24. The number of nitrogens with one attached hydrogen (secondary N) is 2. The van der Waals surface area contributed by atoms with E-state index in [1.807, 2.05) is 0 Å². The van der Waals surface area contributed by atoms with Crippen molar-refractivity contribution in [3.8, 4) is 0 Å². The first-order chi connectivity index (χ1) is 12.1. The Kier molecular flexibility index (Phi) is 5.87. The predicted octanol–water partition coefficient (Wildman–Crippen LogP) is 2.52. The molecule has 0 saturated heterocycles. The van der Waals surface area contributed by atoms with Crippen LogP contribution in [0, 0.1) is 0 Å². The maximum atomic E-state index is 12.5. The van der Waals surface area contributed by atoms with Gasteiger partial charge in [0.15, 0.2) is 4.34 Å². The average Bonchev–Trinajstić information content (AvgIpc) is 3.25. The summed E-state index contributed by atoms with van der Waals surface area (Å²) in [7, 11) is 0. The number of para-hydroxylation sites is 1. The summed E-state index contributed by atoms with van der Waals surface area (Å²) in [6.45, 7) is 0. The number of amides is 2. The highest BCUT2D eigenvalue weighted by Gasteiger charge is 2.20. The number of thioether (sulfide) groups is 1. The van der Waals surface area contributed by atoms with Gasteiger partial charge in [0.05, 0.1) is 17.0 Å². The van der Waals surface area contributed by atoms with Gasteiger partial charge in [0, 0.05) is 6.04 Å². The second kappa shape index (κ2) is 8.30. The standard InChI is InChI=1S/C16H19N5O2S2/c17-15-20-21-16(25-15)24-9-13(22)19-12-8-4-3-7-11(12)14(23)18-10-5-1-2-6-10/h3-4,7-8,10H,1-2,5-6,9H2,(H2,17,20)(H,18,23)(H,19,22). The number of nitrogens with two attached hydrogens (primary N) is 1. The van der Waals surface area contributed by atoms with E-state index in [-0.39, 0.29) is 23.6 Å². The van der Waals surface area contributed by atoms with E-state index >= 15 is 0 Å². The zero-order valence-corrected chi connectivity index (χ0v) is 15.2. The van der Waals surface area contributed by atoms with Gasteiger partial charge in [0.25, 0.3) is 5.91 Å². The number of benzene rings is 1. The zero-order chi connectivity index (χ0) is 17.6. The van der Waals surface area contributed by atoms with E-state index in [2.05, 4.69) is 20.8 Å². The van der Waals surface area contributed by atoms with Crippen molar-refractivity contribution in [2.24, 2.45) is 0 Å². The minimum atomic E-state index is -0.208. The molecule has 3 rings (SSSR count). The van der Waals surface area contributed by atoms with Crippen LogP contribution in [0.1, 0.15) is 36.0 Å². The molecule has 1 aliphatic rings. The van der Waals surface area contributed by atoms with Crippen molar-refractivity contribution in [3.63, 3.8) is 0 Å². The van der Waals surface area contributed by atoms with E-state index in [0.29, 0.717) is 20.7 Å². The van der Waals surface area contributed by atoms with Crippen molar-refractivity contribution in [1.29, 1.82) is 0 Å². The molecule has 0 unspecified atom stereocenters. The van der Waals surface area contributed by atoms with Crippen LogP contribution in [0.5, 0.6) is 0 Å². The molecule has 0 atom stereocenters. The van der Waals surface area contributed by atoms with Crippen molar-refractivity contribution in [1.82, 2.24) is 15.5 Å². The van der Waals surface area contributed by atoms with Gasteiger partial charge < -0.3 is 16.4 Å². The van der Waals surface area contributed by atoms with Gasteiger partial charge in [0.2, 0.25) is 11.0 Å². The van der Waals surface area contributed by atoms with Crippen molar-refractivity contribution >= 4 is 45.7 Å². The number of rotatable bonds is 6. The number of hydrogen-bond acceptors (Lipinski definition) is 7. The number of nitrogens with zero attached hydrogens (tertiary/aromatic N) is 2. The van der Waals surface area contributed by atoms with Gasteiger partial charge >= 0.3 is 0 Å². The van der Waals surface area contributed by atoms with Crippen LogP contribution in [0.2, 0.25) is 0 Å². The summed E-state index contributed by atoms with van der Waals surface area (Å²) in [6.07, 6.45) is 4.33. The molecule has 1 aliphatic carbocycles. The van der Waals surface area contributed by atoms with Gasteiger partial charge in [-0.15, -0.1) is 10.2 Å². The fourth-order valence-electron chi connectivity index (χ4n) is 2.72. The molecule has 1 aromatic carbocycles. The Labute approximate surface area is 153 Å². The SMILES string of the molecule is Nc1nnc(SCC(=O)Nc2ccccc2C(=O)NC2CCCC2)s1. The minimum absolute atomic E-state index is 0.146. The first-order valence-corrected chi connectivity index (χ1v) is 9.83. The Bertz CT molecular complexity index is 758. The third-order valence-electron chi connectivity index (χ3n) is 3.88. The average molecular weight is 377 g/mol. The van der Waals surface area contributed by atoms with E-state index in [0.717, 1.165) is 25.7 Å². The Morgan fingerprint density at radius 2 is 2.00 bits per heavy atom. The first-order valence-electron chi connectivity index (χ1n) is 8.03. The Balaban J connectivity index is 1.59. The van der Waals surface area contributed by atoms with E-state index < -0.39 is 0 Å². The monoisotopic (exact) mass is 377 g/mol. The van der Waals surface area contributed by atoms with Gasteiger partial charge in [0.1, 0.15) is 0 Å². The molecule has 1 aromatic heterocycles. The lowest BCUT2D eigenvalue weighted by Crippen LogP contribution is -2.33. The smallest absolute Gasteiger partial charge is 0.253 e. The molecule has 0 aliphatic heterocycles. The van der Waals surface area contributed by atoms with Gasteiger partial charge in [-0.3, -0.25) is 9.59 Å². The highest BCUT2D eigenvalue weighted by molar-refractivity contribution is 8.01. The fraction of sp³-hybridized carbons (Fsp3) is 0.375. The fourth-order valence-corrected chi connectivity index (χ4v) is 4.15. The molecule has 0 spiro atoms. The molecule has 132 valence electrons. The molecule has 1 fully saturated rings. The molecule has 4 N–H and O–H groups in total. The second-order valence-electron chi connectivity index (χ2n) is 5.74. The van der Waals surface area contributed by atoms with Crippen LogP contribution >= 0.6 is 23.1 Å². The second-order valence-corrected chi connectivity index (χ2v) is 7.98. The Morgan fingerprint density at radius 3 is 2.72 bits per heavy atom. The molecule has 0 bridgehead atoms. The van der Waals surface area contributed by atoms with Crippen molar-refractivity contribution in [2.75, 3.05) is 16.8 Å². The molecular formula is C16H19N5O2S2. The van der Waals surface area contributed by atoms with E-state index in [1.54, 1.807) is 24.3 Å². The number of aromatic nitrogens is 2. The lowest BCUT2D eigenvalue weighted by atomic mass is 10.1. The first kappa shape index (κ1) is 17.7. The van der Waals surface area contributed by atoms with Crippen LogP contribution < -0.4 is 16.4 Å². The zero-order valence-electron chi connectivity index (χ0n) is 13.5. The molecule has 9 heteroatoms. The number of carbonyl (C=O) groups is 2. The summed E-state index contributed by atoms with van der Waals surface area (Å²) < 4.78 is 0.639. The van der Waals surface area contributed by atoms with E-state index in [4.69, 9.17) is 5.73 Å². The van der Waals surface area contributed by atoms with Crippen LogP contribution in [-0.4, -0.2) is 33.8 Å². The summed E-state index contributed by atoms with van der Waals surface area (Å²) >= 11 is 2.50. The molecule has 2 aromatic rings. The van der Waals surface area contributed by atoms with Crippen LogP contribution in [0.4, 0.5) is 10.8 Å². The summed E-state index contributed by atoms with van der Waals surface area (Å²) in [5.74, 6) is -0.181. The normalized spacial score (nSPS) is 14.4. The third-order valence-corrected chi connectivity index (χ3v) is 5.77. The van der Waals surface area contributed by atoms with E-state index in [9.17, 15) is 9.59 Å².